The number of aromatic nitrogens is 2. The molecule has 0 aliphatic carbocycles. The standard InChI is InChI=1S/C18H22N6O4/c19-7-8-20-17(25)13-2-1-9-22(11-13)18(26)14-10-21-23(12-14)15-3-5-16(6-4-15)24(27)28/h3-6,10,12-13H,1-2,7-9,11,19H2,(H,20,25). The van der Waals surface area contributed by atoms with Gasteiger partial charge in [-0.2, -0.15) is 5.10 Å². The number of benzene rings is 1. The lowest BCUT2D eigenvalue weighted by Gasteiger charge is -2.31. The van der Waals surface area contributed by atoms with Gasteiger partial charge in [0.2, 0.25) is 5.91 Å². The van der Waals surface area contributed by atoms with E-state index in [1.165, 1.54) is 23.0 Å². The molecule has 0 saturated carbocycles. The average Bonchev–Trinajstić information content (AvgIpc) is 3.21. The molecule has 2 heterocycles. The van der Waals surface area contributed by atoms with Crippen molar-refractivity contribution < 1.29 is 14.5 Å². The van der Waals surface area contributed by atoms with Crippen LogP contribution in [0.5, 0.6) is 0 Å². The van der Waals surface area contributed by atoms with Crippen molar-refractivity contribution in [2.45, 2.75) is 12.8 Å². The zero-order chi connectivity index (χ0) is 20.1. The van der Waals surface area contributed by atoms with Crippen molar-refractivity contribution in [1.29, 1.82) is 0 Å². The SMILES string of the molecule is NCCNC(=O)C1CCCN(C(=O)c2cnn(-c3ccc([N+](=O)[O-])cc3)c2)C1. The molecule has 10 nitrogen and oxygen atoms in total. The molecule has 0 radical (unpaired) electrons. The van der Waals surface area contributed by atoms with Crippen molar-refractivity contribution in [3.05, 3.63) is 52.3 Å². The molecule has 2 amide bonds. The fourth-order valence-corrected chi connectivity index (χ4v) is 3.20. The number of nitro benzene ring substituents is 1. The second-order valence-corrected chi connectivity index (χ2v) is 6.62. The maximum atomic E-state index is 12.8. The van der Waals surface area contributed by atoms with Gasteiger partial charge in [0.25, 0.3) is 11.6 Å². The van der Waals surface area contributed by atoms with Crippen LogP contribution in [-0.4, -0.2) is 57.6 Å². The molecule has 148 valence electrons. The molecule has 0 spiro atoms. The molecule has 1 fully saturated rings. The van der Waals surface area contributed by atoms with Crippen molar-refractivity contribution >= 4 is 17.5 Å². The zero-order valence-corrected chi connectivity index (χ0v) is 15.3. The third kappa shape index (κ3) is 4.34. The Morgan fingerprint density at radius 1 is 1.32 bits per heavy atom. The van der Waals surface area contributed by atoms with Gasteiger partial charge in [-0.05, 0) is 25.0 Å². The summed E-state index contributed by atoms with van der Waals surface area (Å²) in [7, 11) is 0. The smallest absolute Gasteiger partial charge is 0.269 e. The monoisotopic (exact) mass is 386 g/mol. The van der Waals surface area contributed by atoms with Crippen molar-refractivity contribution in [2.75, 3.05) is 26.2 Å². The number of amides is 2. The van der Waals surface area contributed by atoms with Gasteiger partial charge in [-0.3, -0.25) is 19.7 Å². The van der Waals surface area contributed by atoms with E-state index in [0.717, 1.165) is 12.8 Å². The van der Waals surface area contributed by atoms with Gasteiger partial charge >= 0.3 is 0 Å². The minimum Gasteiger partial charge on any atom is -0.355 e. The number of nitro groups is 1. The van der Waals surface area contributed by atoms with Gasteiger partial charge in [0, 0.05) is 44.5 Å². The molecule has 1 aromatic heterocycles. The average molecular weight is 386 g/mol. The van der Waals surface area contributed by atoms with Crippen LogP contribution in [0.2, 0.25) is 0 Å². The number of likely N-dealkylation sites (tertiary alicyclic amines) is 1. The zero-order valence-electron chi connectivity index (χ0n) is 15.3. The van der Waals surface area contributed by atoms with Gasteiger partial charge in [-0.1, -0.05) is 0 Å². The molecule has 1 aromatic carbocycles. The predicted molar refractivity (Wildman–Crippen MR) is 101 cm³/mol. The molecule has 3 rings (SSSR count). The van der Waals surface area contributed by atoms with Crippen LogP contribution >= 0.6 is 0 Å². The molecule has 1 aliphatic heterocycles. The Morgan fingerprint density at radius 2 is 2.07 bits per heavy atom. The van der Waals surface area contributed by atoms with Gasteiger partial charge in [-0.15, -0.1) is 0 Å². The van der Waals surface area contributed by atoms with Gasteiger partial charge in [-0.25, -0.2) is 4.68 Å². The first-order chi connectivity index (χ1) is 13.5. The number of nitrogens with two attached hydrogens (primary N) is 1. The summed E-state index contributed by atoms with van der Waals surface area (Å²) in [5.41, 5.74) is 6.41. The first kappa shape index (κ1) is 19.5. The molecule has 10 heteroatoms. The number of non-ortho nitro benzene ring substituents is 1. The summed E-state index contributed by atoms with van der Waals surface area (Å²) in [4.78, 5) is 36.9. The summed E-state index contributed by atoms with van der Waals surface area (Å²) < 4.78 is 1.49. The lowest BCUT2D eigenvalue weighted by Crippen LogP contribution is -2.46. The number of piperidine rings is 1. The molecule has 1 aliphatic rings. The van der Waals surface area contributed by atoms with Crippen LogP contribution in [-0.2, 0) is 4.79 Å². The third-order valence-electron chi connectivity index (χ3n) is 4.68. The predicted octanol–water partition coefficient (Wildman–Crippen LogP) is 0.708. The van der Waals surface area contributed by atoms with Crippen LogP contribution in [0.1, 0.15) is 23.2 Å². The highest BCUT2D eigenvalue weighted by molar-refractivity contribution is 5.94. The van der Waals surface area contributed by atoms with Gasteiger partial charge < -0.3 is 16.0 Å². The fraction of sp³-hybridized carbons (Fsp3) is 0.389. The summed E-state index contributed by atoms with van der Waals surface area (Å²) in [6, 6.07) is 5.90. The van der Waals surface area contributed by atoms with Crippen molar-refractivity contribution in [3.8, 4) is 5.69 Å². The molecular weight excluding hydrogens is 364 g/mol. The fourth-order valence-electron chi connectivity index (χ4n) is 3.20. The van der Waals surface area contributed by atoms with E-state index < -0.39 is 4.92 Å². The largest absolute Gasteiger partial charge is 0.355 e. The Labute approximate surface area is 161 Å². The number of nitrogens with zero attached hydrogens (tertiary/aromatic N) is 4. The van der Waals surface area contributed by atoms with E-state index in [0.29, 0.717) is 37.4 Å². The molecular formula is C18H22N6O4. The molecule has 1 saturated heterocycles. The van der Waals surface area contributed by atoms with Crippen molar-refractivity contribution in [2.24, 2.45) is 11.7 Å². The first-order valence-corrected chi connectivity index (χ1v) is 9.06. The minimum atomic E-state index is -0.474. The lowest BCUT2D eigenvalue weighted by molar-refractivity contribution is -0.384. The molecule has 3 N–H and O–H groups in total. The summed E-state index contributed by atoms with van der Waals surface area (Å²) in [5.74, 6) is -0.511. The van der Waals surface area contributed by atoms with Crippen LogP contribution < -0.4 is 11.1 Å². The van der Waals surface area contributed by atoms with E-state index in [2.05, 4.69) is 10.4 Å². The molecule has 1 atom stereocenters. The maximum absolute atomic E-state index is 12.8. The second-order valence-electron chi connectivity index (χ2n) is 6.62. The maximum Gasteiger partial charge on any atom is 0.269 e. The Hall–Kier alpha value is -3.27. The summed E-state index contributed by atoms with van der Waals surface area (Å²) in [6.07, 6.45) is 4.54. The molecule has 28 heavy (non-hydrogen) atoms. The summed E-state index contributed by atoms with van der Waals surface area (Å²) >= 11 is 0. The van der Waals surface area contributed by atoms with E-state index in [4.69, 9.17) is 5.73 Å². The second kappa shape index (κ2) is 8.61. The quantitative estimate of drug-likeness (QED) is 0.554. The minimum absolute atomic E-state index is 0.0144. The highest BCUT2D eigenvalue weighted by Crippen LogP contribution is 2.20. The number of hydrogen-bond acceptors (Lipinski definition) is 6. The van der Waals surface area contributed by atoms with E-state index in [9.17, 15) is 19.7 Å². The number of carbonyl (C=O) groups is 2. The number of hydrogen-bond donors (Lipinski definition) is 2. The lowest BCUT2D eigenvalue weighted by atomic mass is 9.96. The van der Waals surface area contributed by atoms with Gasteiger partial charge in [0.15, 0.2) is 0 Å². The summed E-state index contributed by atoms with van der Waals surface area (Å²) in [5, 5.41) is 17.7. The Kier molecular flexibility index (Phi) is 5.99. The van der Waals surface area contributed by atoms with E-state index >= 15 is 0 Å². The Morgan fingerprint density at radius 3 is 2.75 bits per heavy atom. The van der Waals surface area contributed by atoms with Crippen LogP contribution in [0.25, 0.3) is 5.69 Å². The first-order valence-electron chi connectivity index (χ1n) is 9.06. The van der Waals surface area contributed by atoms with E-state index in [1.807, 2.05) is 0 Å². The van der Waals surface area contributed by atoms with Crippen LogP contribution in [0, 0.1) is 16.0 Å². The normalized spacial score (nSPS) is 16.6. The number of nitrogens with one attached hydrogen (secondary N) is 1. The van der Waals surface area contributed by atoms with Gasteiger partial charge in [0.05, 0.1) is 28.3 Å². The van der Waals surface area contributed by atoms with Crippen LogP contribution in [0.15, 0.2) is 36.7 Å². The summed E-state index contributed by atoms with van der Waals surface area (Å²) in [6.45, 7) is 1.74. The van der Waals surface area contributed by atoms with Crippen molar-refractivity contribution in [3.63, 3.8) is 0 Å². The Balaban J connectivity index is 1.68. The highest BCUT2D eigenvalue weighted by Gasteiger charge is 2.29. The van der Waals surface area contributed by atoms with Crippen LogP contribution in [0.3, 0.4) is 0 Å². The van der Waals surface area contributed by atoms with Crippen LogP contribution in [0.4, 0.5) is 5.69 Å². The van der Waals surface area contributed by atoms with E-state index in [-0.39, 0.29) is 23.4 Å². The Bertz CT molecular complexity index is 863. The van der Waals surface area contributed by atoms with Crippen molar-refractivity contribution in [1.82, 2.24) is 20.0 Å². The van der Waals surface area contributed by atoms with E-state index in [1.54, 1.807) is 23.2 Å². The number of carbonyl (C=O) groups excluding carboxylic acids is 2. The third-order valence-corrected chi connectivity index (χ3v) is 4.68. The molecule has 0 bridgehead atoms. The highest BCUT2D eigenvalue weighted by atomic mass is 16.6. The molecule has 2 aromatic rings. The topological polar surface area (TPSA) is 136 Å². The van der Waals surface area contributed by atoms with Gasteiger partial charge in [0.1, 0.15) is 0 Å². The molecule has 1 unspecified atom stereocenters. The number of rotatable bonds is 6.